The minimum absolute atomic E-state index is 0.0249. The van der Waals surface area contributed by atoms with E-state index >= 15 is 0 Å². The molecule has 2 aromatic carbocycles. The van der Waals surface area contributed by atoms with E-state index in [1.54, 1.807) is 18.2 Å². The molecule has 0 saturated heterocycles. The number of rotatable bonds is 5. The van der Waals surface area contributed by atoms with E-state index in [1.807, 2.05) is 0 Å². The van der Waals surface area contributed by atoms with Gasteiger partial charge in [0, 0.05) is 29.8 Å². The van der Waals surface area contributed by atoms with Gasteiger partial charge in [-0.25, -0.2) is 0 Å². The summed E-state index contributed by atoms with van der Waals surface area (Å²) >= 11 is 0. The van der Waals surface area contributed by atoms with Gasteiger partial charge in [0.25, 0.3) is 5.69 Å². The zero-order valence-electron chi connectivity index (χ0n) is 12.7. The Morgan fingerprint density at radius 3 is 2.62 bits per heavy atom. The van der Waals surface area contributed by atoms with E-state index in [2.05, 4.69) is 5.32 Å². The van der Waals surface area contributed by atoms with Crippen LogP contribution in [-0.2, 0) is 11.2 Å². The van der Waals surface area contributed by atoms with Crippen molar-refractivity contribution >= 4 is 23.1 Å². The number of nitrogens with zero attached hydrogens (tertiary/aromatic N) is 1. The lowest BCUT2D eigenvalue weighted by atomic mass is 9.99. The Morgan fingerprint density at radius 2 is 1.92 bits per heavy atom. The predicted octanol–water partition coefficient (Wildman–Crippen LogP) is 2.74. The number of nitro benzene ring substituents is 1. The van der Waals surface area contributed by atoms with Crippen molar-refractivity contribution in [1.29, 1.82) is 0 Å². The van der Waals surface area contributed by atoms with Crippen LogP contribution in [-0.4, -0.2) is 23.2 Å². The molecule has 1 aliphatic heterocycles. The second-order valence-corrected chi connectivity index (χ2v) is 5.38. The third-order valence-electron chi connectivity index (χ3n) is 3.74. The molecule has 7 nitrogen and oxygen atoms in total. The molecule has 0 fully saturated rings. The van der Waals surface area contributed by atoms with Crippen LogP contribution in [0.2, 0.25) is 0 Å². The zero-order chi connectivity index (χ0) is 17.1. The fraction of sp³-hybridized carbons (Fsp3) is 0.176. The molecule has 0 saturated carbocycles. The summed E-state index contributed by atoms with van der Waals surface area (Å²) < 4.78 is 5.38. The lowest BCUT2D eigenvalue weighted by Crippen LogP contribution is -2.20. The fourth-order valence-corrected chi connectivity index (χ4v) is 2.45. The molecule has 1 amide bonds. The Balaban J connectivity index is 1.65. The van der Waals surface area contributed by atoms with E-state index in [0.29, 0.717) is 24.2 Å². The van der Waals surface area contributed by atoms with Gasteiger partial charge in [-0.1, -0.05) is 0 Å². The summed E-state index contributed by atoms with van der Waals surface area (Å²) in [6, 6.07) is 10.7. The maximum atomic E-state index is 12.2. The molecule has 0 spiro atoms. The second kappa shape index (κ2) is 6.49. The Labute approximate surface area is 137 Å². The van der Waals surface area contributed by atoms with Gasteiger partial charge in [-0.15, -0.1) is 0 Å². The first-order valence-electron chi connectivity index (χ1n) is 7.36. The number of hydrogen-bond acceptors (Lipinski definition) is 5. The first-order valence-corrected chi connectivity index (χ1v) is 7.36. The van der Waals surface area contributed by atoms with Gasteiger partial charge in [-0.3, -0.25) is 19.7 Å². The third kappa shape index (κ3) is 3.40. The fourth-order valence-electron chi connectivity index (χ4n) is 2.45. The molecule has 0 atom stereocenters. The predicted molar refractivity (Wildman–Crippen MR) is 86.3 cm³/mol. The summed E-state index contributed by atoms with van der Waals surface area (Å²) in [6.45, 7) is -0.164. The molecular weight excluding hydrogens is 312 g/mol. The topological polar surface area (TPSA) is 98.5 Å². The van der Waals surface area contributed by atoms with Crippen LogP contribution < -0.4 is 10.1 Å². The van der Waals surface area contributed by atoms with Crippen molar-refractivity contribution in [3.8, 4) is 5.75 Å². The van der Waals surface area contributed by atoms with E-state index in [-0.39, 0.29) is 24.0 Å². The molecule has 122 valence electrons. The summed E-state index contributed by atoms with van der Waals surface area (Å²) in [6.07, 6.45) is 1.01. The third-order valence-corrected chi connectivity index (χ3v) is 3.74. The Kier molecular flexibility index (Phi) is 4.24. The summed E-state index contributed by atoms with van der Waals surface area (Å²) in [5.74, 6) is 0.162. The number of anilines is 1. The van der Waals surface area contributed by atoms with Crippen molar-refractivity contribution in [2.75, 3.05) is 11.9 Å². The summed E-state index contributed by atoms with van der Waals surface area (Å²) in [7, 11) is 0. The van der Waals surface area contributed by atoms with Crippen molar-refractivity contribution < 1.29 is 19.2 Å². The molecule has 7 heteroatoms. The average Bonchev–Trinajstić information content (AvgIpc) is 2.59. The molecule has 0 unspecified atom stereocenters. The number of amides is 1. The number of ketones is 1. The van der Waals surface area contributed by atoms with Crippen LogP contribution in [0, 0.1) is 10.1 Å². The number of ether oxygens (including phenoxy) is 1. The van der Waals surface area contributed by atoms with E-state index in [9.17, 15) is 19.7 Å². The van der Waals surface area contributed by atoms with Gasteiger partial charge in [0.1, 0.15) is 5.75 Å². The van der Waals surface area contributed by atoms with Crippen LogP contribution in [0.3, 0.4) is 0 Å². The number of nitro groups is 1. The molecule has 1 aliphatic rings. The first kappa shape index (κ1) is 15.7. The lowest BCUT2D eigenvalue weighted by Gasteiger charge is -2.17. The number of aryl methyl sites for hydroxylation is 1. The van der Waals surface area contributed by atoms with Gasteiger partial charge in [-0.05, 0) is 42.3 Å². The average molecular weight is 326 g/mol. The standard InChI is InChI=1S/C17H14N2O5/c20-16(10-24-14-5-3-13(4-6-14)19(22)23)12-1-7-15-11(9-12)2-8-17(21)18-15/h1,3-7,9H,2,8,10H2,(H,18,21). The monoisotopic (exact) mass is 326 g/mol. The first-order chi connectivity index (χ1) is 11.5. The molecule has 1 heterocycles. The maximum absolute atomic E-state index is 12.2. The highest BCUT2D eigenvalue weighted by molar-refractivity contribution is 5.99. The molecule has 0 bridgehead atoms. The minimum atomic E-state index is -0.499. The highest BCUT2D eigenvalue weighted by Crippen LogP contribution is 2.24. The van der Waals surface area contributed by atoms with Gasteiger partial charge < -0.3 is 10.1 Å². The lowest BCUT2D eigenvalue weighted by molar-refractivity contribution is -0.384. The highest BCUT2D eigenvalue weighted by atomic mass is 16.6. The van der Waals surface area contributed by atoms with Gasteiger partial charge in [0.2, 0.25) is 5.91 Å². The molecule has 0 aromatic heterocycles. The highest BCUT2D eigenvalue weighted by Gasteiger charge is 2.17. The summed E-state index contributed by atoms with van der Waals surface area (Å²) in [4.78, 5) is 33.6. The molecule has 2 aromatic rings. The van der Waals surface area contributed by atoms with Crippen molar-refractivity contribution in [1.82, 2.24) is 0 Å². The number of benzene rings is 2. The maximum Gasteiger partial charge on any atom is 0.269 e. The van der Waals surface area contributed by atoms with Crippen molar-refractivity contribution in [2.24, 2.45) is 0 Å². The van der Waals surface area contributed by atoms with Crippen LogP contribution in [0.5, 0.6) is 5.75 Å². The molecule has 3 rings (SSSR count). The zero-order valence-corrected chi connectivity index (χ0v) is 12.7. The minimum Gasteiger partial charge on any atom is -0.485 e. The number of Topliss-reactive ketones (excluding diaryl/α,β-unsaturated/α-hetero) is 1. The van der Waals surface area contributed by atoms with Crippen molar-refractivity contribution in [3.63, 3.8) is 0 Å². The van der Waals surface area contributed by atoms with E-state index < -0.39 is 4.92 Å². The number of carbonyl (C=O) groups is 2. The SMILES string of the molecule is O=C1CCc2cc(C(=O)COc3ccc([N+](=O)[O-])cc3)ccc2N1. The molecule has 0 aliphatic carbocycles. The Bertz CT molecular complexity index is 814. The summed E-state index contributed by atoms with van der Waals surface area (Å²) in [5.41, 5.74) is 2.13. The largest absolute Gasteiger partial charge is 0.485 e. The van der Waals surface area contributed by atoms with Gasteiger partial charge in [-0.2, -0.15) is 0 Å². The number of fused-ring (bicyclic) bond motifs is 1. The van der Waals surface area contributed by atoms with Crippen LogP contribution in [0.15, 0.2) is 42.5 Å². The van der Waals surface area contributed by atoms with Crippen LogP contribution in [0.1, 0.15) is 22.3 Å². The van der Waals surface area contributed by atoms with E-state index in [0.717, 1.165) is 11.3 Å². The molecule has 24 heavy (non-hydrogen) atoms. The van der Waals surface area contributed by atoms with Crippen molar-refractivity contribution in [3.05, 3.63) is 63.7 Å². The van der Waals surface area contributed by atoms with Crippen LogP contribution in [0.4, 0.5) is 11.4 Å². The quantitative estimate of drug-likeness (QED) is 0.517. The van der Waals surface area contributed by atoms with Gasteiger partial charge in [0.05, 0.1) is 4.92 Å². The van der Waals surface area contributed by atoms with Crippen LogP contribution >= 0.6 is 0 Å². The number of carbonyl (C=O) groups excluding carboxylic acids is 2. The number of hydrogen-bond donors (Lipinski definition) is 1. The smallest absolute Gasteiger partial charge is 0.269 e. The summed E-state index contributed by atoms with van der Waals surface area (Å²) in [5, 5.41) is 13.3. The van der Waals surface area contributed by atoms with E-state index in [4.69, 9.17) is 4.74 Å². The molecule has 0 radical (unpaired) electrons. The normalized spacial score (nSPS) is 12.9. The van der Waals surface area contributed by atoms with Crippen molar-refractivity contribution in [2.45, 2.75) is 12.8 Å². The van der Waals surface area contributed by atoms with E-state index in [1.165, 1.54) is 24.3 Å². The van der Waals surface area contributed by atoms with Gasteiger partial charge in [0.15, 0.2) is 12.4 Å². The van der Waals surface area contributed by atoms with Gasteiger partial charge >= 0.3 is 0 Å². The Hall–Kier alpha value is -3.22. The molecular formula is C17H14N2O5. The second-order valence-electron chi connectivity index (χ2n) is 5.38. The Morgan fingerprint density at radius 1 is 1.17 bits per heavy atom. The van der Waals surface area contributed by atoms with Crippen LogP contribution in [0.25, 0.3) is 0 Å². The molecule has 1 N–H and O–H groups in total. The number of non-ortho nitro benzene ring substituents is 1. The number of nitrogens with one attached hydrogen (secondary N) is 1.